The van der Waals surface area contributed by atoms with E-state index in [2.05, 4.69) is 72.4 Å². The lowest BCUT2D eigenvalue weighted by Gasteiger charge is -2.24. The highest BCUT2D eigenvalue weighted by molar-refractivity contribution is 4.60. The summed E-state index contributed by atoms with van der Waals surface area (Å²) in [7, 11) is 4.31. The van der Waals surface area contributed by atoms with E-state index in [0.717, 1.165) is 0 Å². The Kier molecular flexibility index (Phi) is 11.5. The van der Waals surface area contributed by atoms with Gasteiger partial charge in [0.1, 0.15) is 0 Å². The Balaban J connectivity index is 0. The molecule has 0 atom stereocenters. The van der Waals surface area contributed by atoms with Gasteiger partial charge in [0, 0.05) is 18.1 Å². The second-order valence-corrected chi connectivity index (χ2v) is 5.43. The third-order valence-corrected chi connectivity index (χ3v) is 3.09. The van der Waals surface area contributed by atoms with Crippen molar-refractivity contribution < 1.29 is 0 Å². The smallest absolute Gasteiger partial charge is 0.00382 e. The van der Waals surface area contributed by atoms with Crippen LogP contribution in [0.1, 0.15) is 54.9 Å². The Bertz CT molecular complexity index is 134. The van der Waals surface area contributed by atoms with Gasteiger partial charge in [0.05, 0.1) is 0 Å². The second kappa shape index (κ2) is 10.1. The van der Waals surface area contributed by atoms with Crippen molar-refractivity contribution in [2.75, 3.05) is 20.6 Å². The van der Waals surface area contributed by atoms with Crippen molar-refractivity contribution in [2.45, 2.75) is 73.0 Å². The van der Waals surface area contributed by atoms with Crippen molar-refractivity contribution in [3.63, 3.8) is 0 Å². The van der Waals surface area contributed by atoms with Gasteiger partial charge in [-0.2, -0.15) is 0 Å². The first-order valence-corrected chi connectivity index (χ1v) is 6.66. The lowest BCUT2D eigenvalue weighted by atomic mass is 10.3. The van der Waals surface area contributed by atoms with E-state index in [9.17, 15) is 0 Å². The number of hydrogen-bond acceptors (Lipinski definition) is 2. The fraction of sp³-hybridized carbons (Fsp3) is 1.00. The molecule has 16 heavy (non-hydrogen) atoms. The number of nitrogens with zero attached hydrogens (tertiary/aromatic N) is 2. The van der Waals surface area contributed by atoms with Gasteiger partial charge in [-0.3, -0.25) is 0 Å². The summed E-state index contributed by atoms with van der Waals surface area (Å²) >= 11 is 0. The van der Waals surface area contributed by atoms with Crippen LogP contribution in [-0.2, 0) is 0 Å². The maximum absolute atomic E-state index is 2.35. The minimum Gasteiger partial charge on any atom is -0.304 e. The third-order valence-electron chi connectivity index (χ3n) is 3.09. The van der Waals surface area contributed by atoms with Crippen LogP contribution in [0.2, 0.25) is 0 Å². The van der Waals surface area contributed by atoms with E-state index in [1.165, 1.54) is 13.0 Å². The van der Waals surface area contributed by atoms with Crippen molar-refractivity contribution in [3.8, 4) is 0 Å². The summed E-state index contributed by atoms with van der Waals surface area (Å²) in [5, 5.41) is 0. The predicted molar refractivity (Wildman–Crippen MR) is 76.1 cm³/mol. The van der Waals surface area contributed by atoms with Crippen molar-refractivity contribution in [1.29, 1.82) is 0 Å². The van der Waals surface area contributed by atoms with Crippen LogP contribution in [0.5, 0.6) is 0 Å². The zero-order valence-corrected chi connectivity index (χ0v) is 13.0. The van der Waals surface area contributed by atoms with Gasteiger partial charge in [-0.15, -0.1) is 0 Å². The molecule has 100 valence electrons. The standard InChI is InChI=1S/2C7H17N/c1-6(2)8(5)7(3)4;1-5-6-8(4)7(2)3/h6-7H,1-5H3;7H,5-6H2,1-4H3. The average molecular weight is 230 g/mol. The summed E-state index contributed by atoms with van der Waals surface area (Å²) in [6, 6.07) is 2.06. The molecule has 0 radical (unpaired) electrons. The molecule has 0 saturated carbocycles. The monoisotopic (exact) mass is 230 g/mol. The zero-order chi connectivity index (χ0) is 13.3. The molecule has 0 aromatic rings. The molecule has 0 bridgehead atoms. The van der Waals surface area contributed by atoms with Crippen LogP contribution in [-0.4, -0.2) is 48.6 Å². The second-order valence-electron chi connectivity index (χ2n) is 5.43. The Labute approximate surface area is 104 Å². The summed E-state index contributed by atoms with van der Waals surface area (Å²) in [6.45, 7) is 16.7. The molecule has 0 aromatic carbocycles. The van der Waals surface area contributed by atoms with Crippen molar-refractivity contribution in [2.24, 2.45) is 0 Å². The Morgan fingerprint density at radius 2 is 1.12 bits per heavy atom. The van der Waals surface area contributed by atoms with Crippen LogP contribution in [0.15, 0.2) is 0 Å². The van der Waals surface area contributed by atoms with Crippen LogP contribution in [0.4, 0.5) is 0 Å². The molecule has 0 aliphatic heterocycles. The van der Waals surface area contributed by atoms with Crippen LogP contribution < -0.4 is 0 Å². The minimum atomic E-state index is 0.676. The molecule has 0 saturated heterocycles. The fourth-order valence-corrected chi connectivity index (χ4v) is 1.21. The molecule has 0 fully saturated rings. The molecular formula is C14H34N2. The van der Waals surface area contributed by atoms with E-state index in [-0.39, 0.29) is 0 Å². The van der Waals surface area contributed by atoms with Crippen LogP contribution in [0, 0.1) is 0 Å². The van der Waals surface area contributed by atoms with E-state index < -0.39 is 0 Å². The topological polar surface area (TPSA) is 6.48 Å². The normalized spacial score (nSPS) is 11.6. The van der Waals surface area contributed by atoms with Gasteiger partial charge in [0.15, 0.2) is 0 Å². The molecule has 0 heterocycles. The Morgan fingerprint density at radius 3 is 1.19 bits per heavy atom. The summed E-state index contributed by atoms with van der Waals surface area (Å²) in [5.41, 5.74) is 0. The van der Waals surface area contributed by atoms with Gasteiger partial charge in [0.2, 0.25) is 0 Å². The maximum atomic E-state index is 2.35. The van der Waals surface area contributed by atoms with E-state index >= 15 is 0 Å². The van der Waals surface area contributed by atoms with E-state index in [1.54, 1.807) is 0 Å². The lowest BCUT2D eigenvalue weighted by molar-refractivity contribution is 0.222. The molecular weight excluding hydrogens is 196 g/mol. The first-order valence-electron chi connectivity index (χ1n) is 6.66. The fourth-order valence-electron chi connectivity index (χ4n) is 1.21. The molecule has 0 amide bonds. The number of hydrogen-bond donors (Lipinski definition) is 0. The molecule has 2 nitrogen and oxygen atoms in total. The van der Waals surface area contributed by atoms with E-state index in [0.29, 0.717) is 18.1 Å². The van der Waals surface area contributed by atoms with Crippen molar-refractivity contribution >= 4 is 0 Å². The largest absolute Gasteiger partial charge is 0.304 e. The molecule has 0 unspecified atom stereocenters. The van der Waals surface area contributed by atoms with Gasteiger partial charge in [-0.1, -0.05) is 6.92 Å². The highest BCUT2D eigenvalue weighted by Crippen LogP contribution is 1.98. The highest BCUT2D eigenvalue weighted by Gasteiger charge is 2.04. The van der Waals surface area contributed by atoms with Crippen LogP contribution >= 0.6 is 0 Å². The first-order chi connectivity index (χ1) is 7.23. The Morgan fingerprint density at radius 1 is 0.750 bits per heavy atom. The van der Waals surface area contributed by atoms with Crippen molar-refractivity contribution in [1.82, 2.24) is 9.80 Å². The molecule has 0 spiro atoms. The average Bonchev–Trinajstić information content (AvgIpc) is 2.17. The van der Waals surface area contributed by atoms with Crippen molar-refractivity contribution in [3.05, 3.63) is 0 Å². The van der Waals surface area contributed by atoms with Gasteiger partial charge in [-0.05, 0) is 68.6 Å². The van der Waals surface area contributed by atoms with E-state index in [1.807, 2.05) is 0 Å². The third kappa shape index (κ3) is 10.4. The summed E-state index contributed by atoms with van der Waals surface area (Å²) in [6.07, 6.45) is 1.26. The zero-order valence-electron chi connectivity index (χ0n) is 13.0. The maximum Gasteiger partial charge on any atom is 0.00382 e. The molecule has 0 rings (SSSR count). The SMILES string of the molecule is CC(C)N(C)C(C)C.CCCN(C)C(C)C. The van der Waals surface area contributed by atoms with Gasteiger partial charge < -0.3 is 9.80 Å². The summed E-state index contributed by atoms with van der Waals surface area (Å²) < 4.78 is 0. The molecule has 0 aliphatic rings. The highest BCUT2D eigenvalue weighted by atomic mass is 15.1. The molecule has 0 N–H and O–H groups in total. The molecule has 0 aliphatic carbocycles. The van der Waals surface area contributed by atoms with Gasteiger partial charge >= 0.3 is 0 Å². The lowest BCUT2D eigenvalue weighted by Crippen LogP contribution is -2.32. The molecule has 0 aromatic heterocycles. The molecule has 2 heteroatoms. The van der Waals surface area contributed by atoms with E-state index in [4.69, 9.17) is 0 Å². The quantitative estimate of drug-likeness (QED) is 0.713. The Hall–Kier alpha value is -0.0800. The number of rotatable bonds is 5. The minimum absolute atomic E-state index is 0.676. The summed E-state index contributed by atoms with van der Waals surface area (Å²) in [4.78, 5) is 4.68. The van der Waals surface area contributed by atoms with Gasteiger partial charge in [0.25, 0.3) is 0 Å². The van der Waals surface area contributed by atoms with Crippen LogP contribution in [0.25, 0.3) is 0 Å². The van der Waals surface area contributed by atoms with Crippen LogP contribution in [0.3, 0.4) is 0 Å². The predicted octanol–water partition coefficient (Wildman–Crippen LogP) is 3.47. The van der Waals surface area contributed by atoms with Gasteiger partial charge in [-0.25, -0.2) is 0 Å². The first kappa shape index (κ1) is 18.3. The summed E-state index contributed by atoms with van der Waals surface area (Å²) in [5.74, 6) is 0.